The Kier molecular flexibility index (Phi) is 6.39. The van der Waals surface area contributed by atoms with Gasteiger partial charge >= 0.3 is 0 Å². The molecule has 1 N–H and O–H groups in total. The van der Waals surface area contributed by atoms with Crippen LogP contribution in [0.2, 0.25) is 0 Å². The smallest absolute Gasteiger partial charge is 0.270 e. The molecular formula is C27H27N3O3S. The third-order valence-corrected chi connectivity index (χ3v) is 6.41. The number of para-hydroxylation sites is 3. The van der Waals surface area contributed by atoms with Crippen LogP contribution in [-0.2, 0) is 16.0 Å². The van der Waals surface area contributed by atoms with E-state index in [1.165, 1.54) is 23.1 Å². The number of nitrogens with one attached hydrogen (secondary N) is 1. The van der Waals surface area contributed by atoms with E-state index >= 15 is 0 Å². The molecule has 0 saturated carbocycles. The lowest BCUT2D eigenvalue weighted by atomic mass is 10.0. The van der Waals surface area contributed by atoms with Crippen molar-refractivity contribution >= 4 is 40.9 Å². The highest BCUT2D eigenvalue weighted by atomic mass is 32.1. The van der Waals surface area contributed by atoms with Crippen molar-refractivity contribution in [3.8, 4) is 11.4 Å². The Labute approximate surface area is 204 Å². The lowest BCUT2D eigenvalue weighted by molar-refractivity contribution is -0.122. The molecule has 2 heterocycles. The quantitative estimate of drug-likeness (QED) is 0.328. The minimum atomic E-state index is -0.518. The number of nitrogens with zero attached hydrogens (tertiary/aromatic N) is 2. The predicted octanol–water partition coefficient (Wildman–Crippen LogP) is 4.80. The Morgan fingerprint density at radius 2 is 1.79 bits per heavy atom. The summed E-state index contributed by atoms with van der Waals surface area (Å²) in [6.45, 7) is 8.25. The number of amides is 2. The van der Waals surface area contributed by atoms with E-state index in [0.717, 1.165) is 29.1 Å². The number of anilines is 1. The second-order valence-corrected chi connectivity index (χ2v) is 8.61. The minimum Gasteiger partial charge on any atom is -0.495 e. The van der Waals surface area contributed by atoms with E-state index in [4.69, 9.17) is 17.0 Å². The number of aryl methyl sites for hydroxylation is 3. The fourth-order valence-corrected chi connectivity index (χ4v) is 4.72. The molecule has 1 aliphatic rings. The lowest BCUT2D eigenvalue weighted by Gasteiger charge is -2.29. The topological polar surface area (TPSA) is 63.6 Å². The number of benzene rings is 2. The number of hydrogen-bond acceptors (Lipinski definition) is 4. The highest BCUT2D eigenvalue weighted by molar-refractivity contribution is 7.80. The fraction of sp³-hybridized carbons (Fsp3) is 0.222. The van der Waals surface area contributed by atoms with Crippen molar-refractivity contribution in [2.24, 2.45) is 0 Å². The number of aromatic nitrogens is 1. The van der Waals surface area contributed by atoms with Gasteiger partial charge in [0.05, 0.1) is 18.5 Å². The second kappa shape index (κ2) is 9.27. The van der Waals surface area contributed by atoms with Crippen LogP contribution < -0.4 is 15.0 Å². The summed E-state index contributed by atoms with van der Waals surface area (Å²) in [6, 6.07) is 15.3. The molecule has 34 heavy (non-hydrogen) atoms. The van der Waals surface area contributed by atoms with E-state index in [2.05, 4.69) is 41.9 Å². The first-order chi connectivity index (χ1) is 16.3. The lowest BCUT2D eigenvalue weighted by Crippen LogP contribution is -2.54. The summed E-state index contributed by atoms with van der Waals surface area (Å²) in [7, 11) is 1.52. The van der Waals surface area contributed by atoms with Crippen LogP contribution in [0.1, 0.15) is 35.0 Å². The molecule has 174 valence electrons. The molecule has 0 bridgehead atoms. The van der Waals surface area contributed by atoms with Crippen LogP contribution in [0.5, 0.6) is 5.75 Å². The summed E-state index contributed by atoms with van der Waals surface area (Å²) in [6.07, 6.45) is 2.54. The molecule has 4 rings (SSSR count). The second-order valence-electron chi connectivity index (χ2n) is 8.23. The highest BCUT2D eigenvalue weighted by Crippen LogP contribution is 2.32. The summed E-state index contributed by atoms with van der Waals surface area (Å²) < 4.78 is 7.60. The predicted molar refractivity (Wildman–Crippen MR) is 139 cm³/mol. The third-order valence-electron chi connectivity index (χ3n) is 6.12. The Morgan fingerprint density at radius 1 is 1.06 bits per heavy atom. The molecule has 0 unspecified atom stereocenters. The van der Waals surface area contributed by atoms with Crippen LogP contribution in [-0.4, -0.2) is 28.6 Å². The van der Waals surface area contributed by atoms with Crippen molar-refractivity contribution in [1.82, 2.24) is 9.88 Å². The molecule has 6 nitrogen and oxygen atoms in total. The van der Waals surface area contributed by atoms with Crippen molar-refractivity contribution in [2.75, 3.05) is 12.0 Å². The molecule has 0 radical (unpaired) electrons. The molecule has 2 aromatic carbocycles. The van der Waals surface area contributed by atoms with E-state index in [1.807, 2.05) is 19.9 Å². The Hall–Kier alpha value is -3.71. The first-order valence-electron chi connectivity index (χ1n) is 11.1. The Morgan fingerprint density at radius 3 is 2.50 bits per heavy atom. The molecule has 0 atom stereocenters. The van der Waals surface area contributed by atoms with Gasteiger partial charge in [-0.1, -0.05) is 37.3 Å². The summed E-state index contributed by atoms with van der Waals surface area (Å²) in [4.78, 5) is 27.6. The monoisotopic (exact) mass is 473 g/mol. The van der Waals surface area contributed by atoms with Crippen molar-refractivity contribution < 1.29 is 14.3 Å². The van der Waals surface area contributed by atoms with E-state index in [0.29, 0.717) is 11.4 Å². The maximum Gasteiger partial charge on any atom is 0.270 e. The largest absolute Gasteiger partial charge is 0.495 e. The summed E-state index contributed by atoms with van der Waals surface area (Å²) in [5.41, 5.74) is 6.81. The van der Waals surface area contributed by atoms with Gasteiger partial charge in [-0.3, -0.25) is 14.9 Å². The number of thiocarbonyl (C=S) groups is 1. The van der Waals surface area contributed by atoms with Gasteiger partial charge in [0.1, 0.15) is 11.3 Å². The molecular weight excluding hydrogens is 446 g/mol. The van der Waals surface area contributed by atoms with Gasteiger partial charge < -0.3 is 9.30 Å². The molecule has 1 aliphatic heterocycles. The first kappa shape index (κ1) is 23.4. The third kappa shape index (κ3) is 3.92. The summed E-state index contributed by atoms with van der Waals surface area (Å²) in [5, 5.41) is 2.67. The van der Waals surface area contributed by atoms with Crippen LogP contribution >= 0.6 is 12.2 Å². The normalized spacial score (nSPS) is 15.1. The van der Waals surface area contributed by atoms with Crippen LogP contribution in [0.3, 0.4) is 0 Å². The number of carbonyl (C=O) groups is 2. The van der Waals surface area contributed by atoms with E-state index in [-0.39, 0.29) is 10.7 Å². The van der Waals surface area contributed by atoms with Gasteiger partial charge in [-0.25, -0.2) is 4.90 Å². The van der Waals surface area contributed by atoms with Crippen LogP contribution in [0.4, 0.5) is 5.69 Å². The van der Waals surface area contributed by atoms with Gasteiger partial charge in [-0.2, -0.15) is 0 Å². The van der Waals surface area contributed by atoms with E-state index in [1.54, 1.807) is 30.3 Å². The van der Waals surface area contributed by atoms with Gasteiger partial charge in [-0.15, -0.1) is 0 Å². The zero-order valence-electron chi connectivity index (χ0n) is 19.9. The first-order valence-corrected chi connectivity index (χ1v) is 11.5. The van der Waals surface area contributed by atoms with E-state index in [9.17, 15) is 9.59 Å². The number of rotatable bonds is 5. The van der Waals surface area contributed by atoms with Gasteiger partial charge in [-0.05, 0) is 80.4 Å². The standard InChI is InChI=1S/C27H27N3O3S/c1-6-19-11-9-10-16(2)24(19)29-17(3)14-20(18(29)4)15-21-25(31)28-27(34)30(26(21)32)22-12-7-8-13-23(22)33-5/h7-15H,6H2,1-5H3,(H,28,31,34)/b21-15+. The molecule has 1 fully saturated rings. The van der Waals surface area contributed by atoms with Crippen LogP contribution in [0.15, 0.2) is 54.1 Å². The molecule has 0 aliphatic carbocycles. The number of hydrogen-bond donors (Lipinski definition) is 1. The summed E-state index contributed by atoms with van der Waals surface area (Å²) >= 11 is 5.33. The highest BCUT2D eigenvalue weighted by Gasteiger charge is 2.36. The van der Waals surface area contributed by atoms with Crippen molar-refractivity contribution in [1.29, 1.82) is 0 Å². The van der Waals surface area contributed by atoms with Crippen molar-refractivity contribution in [3.05, 3.63) is 82.2 Å². The van der Waals surface area contributed by atoms with Crippen molar-refractivity contribution in [3.63, 3.8) is 0 Å². The van der Waals surface area contributed by atoms with Gasteiger partial charge in [0.2, 0.25) is 0 Å². The average molecular weight is 474 g/mol. The molecule has 0 spiro atoms. The fourth-order valence-electron chi connectivity index (χ4n) is 4.45. The van der Waals surface area contributed by atoms with E-state index < -0.39 is 11.8 Å². The zero-order valence-corrected chi connectivity index (χ0v) is 20.7. The SMILES string of the molecule is CCc1cccc(C)c1-n1c(C)cc(/C=C2\C(=O)NC(=S)N(c3ccccc3OC)C2=O)c1C. The van der Waals surface area contributed by atoms with Crippen LogP contribution in [0.25, 0.3) is 11.8 Å². The van der Waals surface area contributed by atoms with Gasteiger partial charge in [0, 0.05) is 11.4 Å². The molecule has 7 heteroatoms. The van der Waals surface area contributed by atoms with Gasteiger partial charge in [0.25, 0.3) is 11.8 Å². The Balaban J connectivity index is 1.82. The molecule has 1 saturated heterocycles. The average Bonchev–Trinajstić information content (AvgIpc) is 3.09. The Bertz CT molecular complexity index is 1350. The number of ether oxygens (including phenoxy) is 1. The molecule has 2 amide bonds. The van der Waals surface area contributed by atoms with Gasteiger partial charge in [0.15, 0.2) is 5.11 Å². The molecule has 3 aromatic rings. The maximum absolute atomic E-state index is 13.5. The molecule has 1 aromatic heterocycles. The minimum absolute atomic E-state index is 0.0141. The van der Waals surface area contributed by atoms with Crippen LogP contribution in [0, 0.1) is 20.8 Å². The van der Waals surface area contributed by atoms with Crippen molar-refractivity contribution in [2.45, 2.75) is 34.1 Å². The summed E-state index contributed by atoms with van der Waals surface area (Å²) in [5.74, 6) is -0.525. The number of methoxy groups -OCH3 is 1. The number of carbonyl (C=O) groups excluding carboxylic acids is 2. The maximum atomic E-state index is 13.5. The zero-order chi connectivity index (χ0) is 24.6.